The molecule has 0 radical (unpaired) electrons. The third kappa shape index (κ3) is 10.2. The van der Waals surface area contributed by atoms with E-state index in [4.69, 9.17) is 8.92 Å². The number of anilines is 2. The molecule has 0 aliphatic carbocycles. The number of halogens is 3. The molecule has 2 aromatic heterocycles. The van der Waals surface area contributed by atoms with Gasteiger partial charge in [-0.15, -0.1) is 0 Å². The van der Waals surface area contributed by atoms with E-state index in [1.165, 1.54) is 26.1 Å². The number of carboxylic acid groups (broad SMARTS) is 1. The minimum Gasteiger partial charge on any atom is -0.477 e. The zero-order chi connectivity index (χ0) is 40.8. The molecule has 2 aliphatic rings. The van der Waals surface area contributed by atoms with E-state index >= 15 is 13.2 Å². The molecule has 4 heterocycles. The summed E-state index contributed by atoms with van der Waals surface area (Å²) in [6.07, 6.45) is 1.95. The number of pyridine rings is 1. The molecule has 15 nitrogen and oxygen atoms in total. The standard InChI is InChI=1S/C36H49F3N6O9S2/c1-4-56(51,52)54-20-9-7-5-6-8-19-53-33-30-27(23-29(41-33)44-17-21-55(49,50)22-18-44)32(42-43(3)34(30)46)40-24(2)26-11-10-12-28(31(26)37)36(38,39)25-13-15-45(16-14-25)35(47)48/h10-12,23-25H,4-9,13-22H2,1-3H3,(H,40,42)(H,47,48)/t24-/m1/s1. The Morgan fingerprint density at radius 2 is 1.71 bits per heavy atom. The van der Waals surface area contributed by atoms with Crippen molar-refractivity contribution in [2.75, 3.05) is 66.9 Å². The number of hydrogen-bond donors (Lipinski definition) is 2. The normalized spacial score (nSPS) is 17.2. The van der Waals surface area contributed by atoms with Crippen LogP contribution in [0.1, 0.15) is 76.0 Å². The Morgan fingerprint density at radius 3 is 2.36 bits per heavy atom. The molecular weight excluding hydrogens is 782 g/mol. The van der Waals surface area contributed by atoms with Gasteiger partial charge in [-0.25, -0.2) is 31.1 Å². The predicted octanol–water partition coefficient (Wildman–Crippen LogP) is 5.05. The number of nitrogens with one attached hydrogen (secondary N) is 1. The fraction of sp³-hybridized carbons (Fsp3) is 0.611. The van der Waals surface area contributed by atoms with Crippen LogP contribution in [0.3, 0.4) is 0 Å². The lowest BCUT2D eigenvalue weighted by atomic mass is 9.85. The lowest BCUT2D eigenvalue weighted by Crippen LogP contribution is -2.42. The Labute approximate surface area is 324 Å². The van der Waals surface area contributed by atoms with Crippen LogP contribution in [0.2, 0.25) is 0 Å². The van der Waals surface area contributed by atoms with Gasteiger partial charge in [0.05, 0.1) is 42.1 Å². The highest BCUT2D eigenvalue weighted by Crippen LogP contribution is 2.44. The maximum atomic E-state index is 16.1. The molecule has 0 saturated carbocycles. The Bertz CT molecular complexity index is 2150. The SMILES string of the molecule is CCS(=O)(=O)OCCCCCCCOc1nc(N2CCS(=O)(=O)CC2)cc2c(N[C@H](C)c3cccc(C(F)(F)C4CCN(C(=O)O)CC4)c3F)nn(C)c(=O)c12. The fourth-order valence-corrected chi connectivity index (χ4v) is 8.62. The Kier molecular flexibility index (Phi) is 13.8. The summed E-state index contributed by atoms with van der Waals surface area (Å²) < 4.78 is 107. The Morgan fingerprint density at radius 1 is 1.07 bits per heavy atom. The molecule has 20 heteroatoms. The average Bonchev–Trinajstić information content (AvgIpc) is 3.15. The third-order valence-corrected chi connectivity index (χ3v) is 13.1. The van der Waals surface area contributed by atoms with E-state index in [0.29, 0.717) is 18.7 Å². The number of alkyl halides is 2. The summed E-state index contributed by atoms with van der Waals surface area (Å²) in [5.41, 5.74) is -1.42. The van der Waals surface area contributed by atoms with Gasteiger partial charge in [-0.2, -0.15) is 18.5 Å². The van der Waals surface area contributed by atoms with Crippen molar-refractivity contribution in [1.82, 2.24) is 19.7 Å². The number of amides is 1. The Balaban J connectivity index is 1.39. The summed E-state index contributed by atoms with van der Waals surface area (Å²) in [6, 6.07) is 4.38. The summed E-state index contributed by atoms with van der Waals surface area (Å²) in [7, 11) is -5.32. The van der Waals surface area contributed by atoms with E-state index in [0.717, 1.165) is 34.9 Å². The number of nitrogens with zero attached hydrogens (tertiary/aromatic N) is 5. The lowest BCUT2D eigenvalue weighted by Gasteiger charge is -2.35. The van der Waals surface area contributed by atoms with Crippen LogP contribution < -0.4 is 20.5 Å². The van der Waals surface area contributed by atoms with Crippen molar-refractivity contribution in [1.29, 1.82) is 0 Å². The van der Waals surface area contributed by atoms with E-state index in [-0.39, 0.29) is 97.5 Å². The first kappa shape index (κ1) is 43.0. The van der Waals surface area contributed by atoms with Crippen LogP contribution in [0.4, 0.5) is 29.6 Å². The van der Waals surface area contributed by atoms with Gasteiger partial charge in [0.15, 0.2) is 15.7 Å². The van der Waals surface area contributed by atoms with Crippen molar-refractivity contribution in [2.45, 2.75) is 70.8 Å². The molecule has 1 amide bonds. The summed E-state index contributed by atoms with van der Waals surface area (Å²) in [4.78, 5) is 32.4. The number of carbonyl (C=O) groups is 1. The van der Waals surface area contributed by atoms with Crippen LogP contribution in [0, 0.1) is 11.7 Å². The van der Waals surface area contributed by atoms with Gasteiger partial charge < -0.3 is 25.0 Å². The molecule has 2 N–H and O–H groups in total. The number of unbranched alkanes of at least 4 members (excludes halogenated alkanes) is 4. The van der Waals surface area contributed by atoms with Gasteiger partial charge in [-0.05, 0) is 45.6 Å². The molecule has 2 fully saturated rings. The summed E-state index contributed by atoms with van der Waals surface area (Å²) in [5, 5.41) is 17.0. The number of ether oxygens (including phenoxy) is 1. The summed E-state index contributed by atoms with van der Waals surface area (Å²) in [6.45, 7) is 3.48. The molecule has 2 saturated heterocycles. The molecular formula is C36H49F3N6O9S2. The maximum Gasteiger partial charge on any atom is 0.407 e. The van der Waals surface area contributed by atoms with Crippen molar-refractivity contribution in [3.05, 3.63) is 51.6 Å². The topological polar surface area (TPSA) is 190 Å². The largest absolute Gasteiger partial charge is 0.477 e. The summed E-state index contributed by atoms with van der Waals surface area (Å²) in [5.74, 6) is -5.82. The van der Waals surface area contributed by atoms with Crippen LogP contribution in [-0.2, 0) is 37.1 Å². The van der Waals surface area contributed by atoms with Crippen LogP contribution in [0.15, 0.2) is 29.1 Å². The molecule has 310 valence electrons. The Hall–Kier alpha value is -4.17. The monoisotopic (exact) mass is 830 g/mol. The first-order valence-corrected chi connectivity index (χ1v) is 22.1. The molecule has 1 atom stereocenters. The number of benzene rings is 1. The molecule has 5 rings (SSSR count). The fourth-order valence-electron chi connectivity index (χ4n) is 6.88. The number of fused-ring (bicyclic) bond motifs is 1. The molecule has 0 spiro atoms. The van der Waals surface area contributed by atoms with Gasteiger partial charge in [0.2, 0.25) is 5.88 Å². The van der Waals surface area contributed by atoms with E-state index in [1.807, 2.05) is 0 Å². The van der Waals surface area contributed by atoms with E-state index in [2.05, 4.69) is 15.4 Å². The number of hydrogen-bond acceptors (Lipinski definition) is 12. The van der Waals surface area contributed by atoms with Crippen LogP contribution in [0.25, 0.3) is 10.8 Å². The maximum absolute atomic E-state index is 16.1. The number of aryl methyl sites for hydroxylation is 1. The van der Waals surface area contributed by atoms with Gasteiger partial charge in [-0.3, -0.25) is 8.98 Å². The lowest BCUT2D eigenvalue weighted by molar-refractivity contribution is -0.0861. The number of sulfone groups is 1. The molecule has 3 aromatic rings. The average molecular weight is 831 g/mol. The highest BCUT2D eigenvalue weighted by molar-refractivity contribution is 7.91. The van der Waals surface area contributed by atoms with Crippen LogP contribution >= 0.6 is 0 Å². The second-order valence-corrected chi connectivity index (χ2v) is 18.4. The zero-order valence-corrected chi connectivity index (χ0v) is 33.3. The second kappa shape index (κ2) is 18.0. The number of rotatable bonds is 17. The first-order chi connectivity index (χ1) is 26.4. The molecule has 0 unspecified atom stereocenters. The highest BCUT2D eigenvalue weighted by Gasteiger charge is 2.45. The molecule has 2 aliphatic heterocycles. The van der Waals surface area contributed by atoms with Gasteiger partial charge in [0, 0.05) is 50.1 Å². The number of piperidine rings is 1. The third-order valence-electron chi connectivity index (χ3n) is 10.3. The minimum atomic E-state index is -3.58. The molecule has 0 bridgehead atoms. The number of likely N-dealkylation sites (tertiary alicyclic amines) is 1. The van der Waals surface area contributed by atoms with Crippen molar-refractivity contribution in [3.63, 3.8) is 0 Å². The van der Waals surface area contributed by atoms with Crippen molar-refractivity contribution >= 4 is 48.5 Å². The summed E-state index contributed by atoms with van der Waals surface area (Å²) >= 11 is 0. The second-order valence-electron chi connectivity index (χ2n) is 14.2. The van der Waals surface area contributed by atoms with Gasteiger partial charge in [0.25, 0.3) is 21.6 Å². The van der Waals surface area contributed by atoms with Crippen molar-refractivity contribution in [3.8, 4) is 5.88 Å². The van der Waals surface area contributed by atoms with Crippen molar-refractivity contribution < 1.29 is 48.8 Å². The highest BCUT2D eigenvalue weighted by atomic mass is 32.2. The van der Waals surface area contributed by atoms with Gasteiger partial charge in [-0.1, -0.05) is 37.5 Å². The number of aromatic nitrogens is 3. The van der Waals surface area contributed by atoms with Crippen molar-refractivity contribution in [2.24, 2.45) is 13.0 Å². The van der Waals surface area contributed by atoms with Crippen LogP contribution in [-0.4, -0.2) is 104 Å². The van der Waals surface area contributed by atoms with Crippen LogP contribution in [0.5, 0.6) is 5.88 Å². The van der Waals surface area contributed by atoms with E-state index < -0.39 is 60.9 Å². The first-order valence-electron chi connectivity index (χ1n) is 18.7. The smallest absolute Gasteiger partial charge is 0.407 e. The van der Waals surface area contributed by atoms with Gasteiger partial charge >= 0.3 is 6.09 Å². The molecule has 1 aromatic carbocycles. The minimum absolute atomic E-state index is 0.00966. The zero-order valence-electron chi connectivity index (χ0n) is 31.7. The van der Waals surface area contributed by atoms with Gasteiger partial charge in [0.1, 0.15) is 17.0 Å². The van der Waals surface area contributed by atoms with E-state index in [9.17, 15) is 31.5 Å². The molecule has 56 heavy (non-hydrogen) atoms. The quantitative estimate of drug-likeness (QED) is 0.136. The van der Waals surface area contributed by atoms with E-state index in [1.54, 1.807) is 17.9 Å². The predicted molar refractivity (Wildman–Crippen MR) is 204 cm³/mol.